The van der Waals surface area contributed by atoms with Gasteiger partial charge in [-0.25, -0.2) is 0 Å². The molecule has 0 aliphatic carbocycles. The predicted octanol–water partition coefficient (Wildman–Crippen LogP) is 1.96. The Balaban J connectivity index is 2.30. The summed E-state index contributed by atoms with van der Waals surface area (Å²) in [7, 11) is 0. The predicted molar refractivity (Wildman–Crippen MR) is 68.0 cm³/mol. The summed E-state index contributed by atoms with van der Waals surface area (Å²) < 4.78 is 11.4. The van der Waals surface area contributed by atoms with Crippen molar-refractivity contribution < 1.29 is 14.2 Å². The maximum absolute atomic E-state index is 11.0. The van der Waals surface area contributed by atoms with Crippen molar-refractivity contribution in [2.75, 3.05) is 6.61 Å². The van der Waals surface area contributed by atoms with E-state index in [0.717, 1.165) is 17.6 Å². The molecule has 0 radical (unpaired) electrons. The number of ketones is 1. The van der Waals surface area contributed by atoms with Crippen LogP contribution in [0.4, 0.5) is 0 Å². The maximum atomic E-state index is 11.0. The van der Waals surface area contributed by atoms with E-state index >= 15 is 0 Å². The van der Waals surface area contributed by atoms with Gasteiger partial charge >= 0.3 is 6.92 Å². The Kier molecular flexibility index (Phi) is 3.53. The molecule has 0 fully saturated rings. The summed E-state index contributed by atoms with van der Waals surface area (Å²) in [6, 6.07) is 5.94. The average molecular weight is 232 g/mol. The largest absolute Gasteiger partial charge is 0.486 e. The van der Waals surface area contributed by atoms with Gasteiger partial charge in [-0.2, -0.15) is 0 Å². The number of ether oxygens (including phenoxy) is 1. The molecule has 0 amide bonds. The molecule has 1 unspecified atom stereocenters. The van der Waals surface area contributed by atoms with E-state index in [0.29, 0.717) is 0 Å². The molecule has 1 aliphatic rings. The van der Waals surface area contributed by atoms with Crippen molar-refractivity contribution in [1.29, 1.82) is 0 Å². The van der Waals surface area contributed by atoms with Gasteiger partial charge in [-0.15, -0.1) is 0 Å². The number of carbonyl (C=O) groups is 1. The fourth-order valence-electron chi connectivity index (χ4n) is 2.29. The highest BCUT2D eigenvalue weighted by Crippen LogP contribution is 2.30. The molecule has 0 bridgehead atoms. The maximum Gasteiger partial charge on any atom is 0.328 e. The van der Waals surface area contributed by atoms with Crippen LogP contribution in [0.15, 0.2) is 18.2 Å². The van der Waals surface area contributed by atoms with Crippen molar-refractivity contribution in [1.82, 2.24) is 0 Å². The van der Waals surface area contributed by atoms with Gasteiger partial charge < -0.3 is 9.39 Å². The minimum Gasteiger partial charge on any atom is -0.486 e. The number of rotatable bonds is 4. The molecule has 4 heteroatoms. The summed E-state index contributed by atoms with van der Waals surface area (Å²) in [6.45, 7) is 5.82. The highest BCUT2D eigenvalue weighted by molar-refractivity contribution is 6.68. The van der Waals surface area contributed by atoms with Gasteiger partial charge in [-0.05, 0) is 30.4 Å². The second-order valence-electron chi connectivity index (χ2n) is 4.42. The summed E-state index contributed by atoms with van der Waals surface area (Å²) in [5.41, 5.74) is 2.29. The second-order valence-corrected chi connectivity index (χ2v) is 4.42. The molecule has 1 aromatic rings. The lowest BCUT2D eigenvalue weighted by molar-refractivity contribution is -0.118. The first-order chi connectivity index (χ1) is 8.13. The molecule has 1 heterocycles. The molecule has 1 atom stereocenters. The lowest BCUT2D eigenvalue weighted by atomic mass is 9.63. The number of Topliss-reactive ketones (excluding diaryl/α,β-unsaturated/α-hetero) is 1. The highest BCUT2D eigenvalue weighted by Gasteiger charge is 2.33. The summed E-state index contributed by atoms with van der Waals surface area (Å²) >= 11 is 0. The third kappa shape index (κ3) is 2.37. The van der Waals surface area contributed by atoms with Crippen LogP contribution < -0.4 is 10.2 Å². The SMILES string of the molecule is CCC1OB(C)c2c(OCC(C)=O)cccc21. The number of benzene rings is 1. The van der Waals surface area contributed by atoms with Crippen LogP contribution in [0.1, 0.15) is 31.9 Å². The van der Waals surface area contributed by atoms with E-state index in [1.807, 2.05) is 19.0 Å². The van der Waals surface area contributed by atoms with Crippen molar-refractivity contribution in [2.24, 2.45) is 0 Å². The fraction of sp³-hybridized carbons (Fsp3) is 0.462. The van der Waals surface area contributed by atoms with Crippen molar-refractivity contribution in [3.8, 4) is 5.75 Å². The van der Waals surface area contributed by atoms with Gasteiger partial charge in [0, 0.05) is 0 Å². The van der Waals surface area contributed by atoms with Gasteiger partial charge in [0.15, 0.2) is 5.78 Å². The second kappa shape index (κ2) is 4.92. The van der Waals surface area contributed by atoms with Crippen LogP contribution in [0.25, 0.3) is 0 Å². The number of carbonyl (C=O) groups excluding carboxylic acids is 1. The van der Waals surface area contributed by atoms with E-state index in [2.05, 4.69) is 13.0 Å². The molecular formula is C13H17BO3. The number of hydrogen-bond donors (Lipinski definition) is 0. The monoisotopic (exact) mass is 232 g/mol. The van der Waals surface area contributed by atoms with Crippen molar-refractivity contribution in [3.05, 3.63) is 23.8 Å². The van der Waals surface area contributed by atoms with Gasteiger partial charge in [0.1, 0.15) is 12.4 Å². The third-order valence-corrected chi connectivity index (χ3v) is 3.02. The standard InChI is InChI=1S/C13H17BO3/c1-4-11-10-6-5-7-12(16-8-9(2)15)13(10)14(3)17-11/h5-7,11H,4,8H2,1-3H3. The molecule has 3 nitrogen and oxygen atoms in total. The Morgan fingerprint density at radius 2 is 2.29 bits per heavy atom. The summed E-state index contributed by atoms with van der Waals surface area (Å²) in [5, 5.41) is 0. The Morgan fingerprint density at radius 1 is 1.53 bits per heavy atom. The minimum atomic E-state index is 0.0289. The van der Waals surface area contributed by atoms with Crippen LogP contribution in [0.3, 0.4) is 0 Å². The first-order valence-corrected chi connectivity index (χ1v) is 6.04. The molecular weight excluding hydrogens is 215 g/mol. The van der Waals surface area contributed by atoms with Crippen LogP contribution in [0.5, 0.6) is 5.75 Å². The third-order valence-electron chi connectivity index (χ3n) is 3.02. The van der Waals surface area contributed by atoms with Crippen LogP contribution in [0, 0.1) is 0 Å². The number of fused-ring (bicyclic) bond motifs is 1. The first kappa shape index (κ1) is 12.2. The Hall–Kier alpha value is -1.29. The Bertz CT molecular complexity index is 431. The van der Waals surface area contributed by atoms with Crippen LogP contribution >= 0.6 is 0 Å². The summed E-state index contributed by atoms with van der Waals surface area (Å²) in [4.78, 5) is 11.0. The van der Waals surface area contributed by atoms with E-state index in [9.17, 15) is 4.79 Å². The van der Waals surface area contributed by atoms with Gasteiger partial charge in [0.2, 0.25) is 0 Å². The molecule has 0 saturated heterocycles. The van der Waals surface area contributed by atoms with E-state index in [4.69, 9.17) is 9.39 Å². The zero-order valence-corrected chi connectivity index (χ0v) is 10.5. The number of hydrogen-bond acceptors (Lipinski definition) is 3. The van der Waals surface area contributed by atoms with Gasteiger partial charge in [0.05, 0.1) is 6.10 Å². The first-order valence-electron chi connectivity index (χ1n) is 6.04. The van der Waals surface area contributed by atoms with E-state index < -0.39 is 0 Å². The van der Waals surface area contributed by atoms with Gasteiger partial charge in [-0.3, -0.25) is 4.79 Å². The zero-order chi connectivity index (χ0) is 12.4. The Labute approximate surface area is 102 Å². The van der Waals surface area contributed by atoms with Crippen LogP contribution in [-0.2, 0) is 9.45 Å². The molecule has 1 aliphatic heterocycles. The lowest BCUT2D eigenvalue weighted by Crippen LogP contribution is -2.27. The molecule has 0 N–H and O–H groups in total. The van der Waals surface area contributed by atoms with Crippen molar-refractivity contribution >= 4 is 18.2 Å². The van der Waals surface area contributed by atoms with E-state index in [-0.39, 0.29) is 25.4 Å². The zero-order valence-electron chi connectivity index (χ0n) is 10.5. The van der Waals surface area contributed by atoms with E-state index in [1.165, 1.54) is 12.5 Å². The fourth-order valence-corrected chi connectivity index (χ4v) is 2.29. The van der Waals surface area contributed by atoms with Crippen LogP contribution in [-0.4, -0.2) is 19.3 Å². The van der Waals surface area contributed by atoms with Gasteiger partial charge in [-0.1, -0.05) is 25.9 Å². The van der Waals surface area contributed by atoms with Gasteiger partial charge in [0.25, 0.3) is 0 Å². The average Bonchev–Trinajstić information content (AvgIpc) is 2.64. The highest BCUT2D eigenvalue weighted by atomic mass is 16.5. The lowest BCUT2D eigenvalue weighted by Gasteiger charge is -2.11. The molecule has 1 aromatic carbocycles. The van der Waals surface area contributed by atoms with Crippen molar-refractivity contribution in [2.45, 2.75) is 33.2 Å². The summed E-state index contributed by atoms with van der Waals surface area (Å²) in [5.74, 6) is 0.808. The van der Waals surface area contributed by atoms with E-state index in [1.54, 1.807) is 0 Å². The topological polar surface area (TPSA) is 35.5 Å². The molecule has 0 aromatic heterocycles. The molecule has 90 valence electrons. The molecule has 17 heavy (non-hydrogen) atoms. The minimum absolute atomic E-state index is 0.0289. The normalized spacial score (nSPS) is 18.1. The molecule has 0 spiro atoms. The Morgan fingerprint density at radius 3 is 2.94 bits per heavy atom. The molecule has 2 rings (SSSR count). The van der Waals surface area contributed by atoms with Crippen LogP contribution in [0.2, 0.25) is 6.82 Å². The smallest absolute Gasteiger partial charge is 0.328 e. The van der Waals surface area contributed by atoms with Crippen molar-refractivity contribution in [3.63, 3.8) is 0 Å². The molecule has 0 saturated carbocycles. The quantitative estimate of drug-likeness (QED) is 0.744. The summed E-state index contributed by atoms with van der Waals surface area (Å²) in [6.07, 6.45) is 1.11.